The van der Waals surface area contributed by atoms with Crippen LogP contribution in [0.4, 0.5) is 10.5 Å². The highest BCUT2D eigenvalue weighted by Crippen LogP contribution is 2.30. The molecule has 0 saturated heterocycles. The van der Waals surface area contributed by atoms with Gasteiger partial charge in [-0.25, -0.2) is 4.79 Å². The number of H-pyrrole nitrogens is 1. The van der Waals surface area contributed by atoms with Crippen LogP contribution in [0.1, 0.15) is 20.8 Å². The zero-order chi connectivity index (χ0) is 16.4. The van der Waals surface area contributed by atoms with Crippen molar-refractivity contribution in [3.63, 3.8) is 0 Å². The number of ether oxygens (including phenoxy) is 1. The van der Waals surface area contributed by atoms with Crippen molar-refractivity contribution in [3.05, 3.63) is 48.8 Å². The molecule has 3 aromatic rings. The van der Waals surface area contributed by atoms with Gasteiger partial charge in [0.05, 0.1) is 11.2 Å². The molecule has 5 heteroatoms. The molecule has 0 aliphatic carbocycles. The molecule has 0 spiro atoms. The van der Waals surface area contributed by atoms with Crippen LogP contribution >= 0.6 is 0 Å². The second-order valence-electron chi connectivity index (χ2n) is 6.28. The number of nitrogens with one attached hydrogen (secondary N) is 2. The predicted molar refractivity (Wildman–Crippen MR) is 91.4 cm³/mol. The van der Waals surface area contributed by atoms with Gasteiger partial charge in [-0.2, -0.15) is 0 Å². The monoisotopic (exact) mass is 309 g/mol. The Bertz CT molecular complexity index is 832. The number of hydrogen-bond acceptors (Lipinski definition) is 3. The van der Waals surface area contributed by atoms with E-state index in [4.69, 9.17) is 4.74 Å². The zero-order valence-corrected chi connectivity index (χ0v) is 13.4. The average molecular weight is 309 g/mol. The summed E-state index contributed by atoms with van der Waals surface area (Å²) < 4.78 is 5.28. The van der Waals surface area contributed by atoms with Gasteiger partial charge in [0.15, 0.2) is 0 Å². The number of carbonyl (C=O) groups excluding carboxylic acids is 1. The van der Waals surface area contributed by atoms with Gasteiger partial charge in [-0.15, -0.1) is 0 Å². The summed E-state index contributed by atoms with van der Waals surface area (Å²) in [5.41, 5.74) is 3.77. The Labute approximate surface area is 134 Å². The Balaban J connectivity index is 1.95. The van der Waals surface area contributed by atoms with Crippen molar-refractivity contribution in [3.8, 4) is 11.1 Å². The van der Waals surface area contributed by atoms with Crippen molar-refractivity contribution in [1.82, 2.24) is 9.97 Å². The van der Waals surface area contributed by atoms with Gasteiger partial charge >= 0.3 is 6.09 Å². The number of anilines is 1. The van der Waals surface area contributed by atoms with Crippen LogP contribution in [0.5, 0.6) is 0 Å². The molecule has 0 radical (unpaired) electrons. The third-order valence-corrected chi connectivity index (χ3v) is 3.29. The van der Waals surface area contributed by atoms with Crippen LogP contribution in [-0.4, -0.2) is 21.7 Å². The molecule has 0 saturated carbocycles. The van der Waals surface area contributed by atoms with Gasteiger partial charge < -0.3 is 9.72 Å². The number of carbonyl (C=O) groups is 1. The predicted octanol–water partition coefficient (Wildman–Crippen LogP) is 4.58. The number of aromatic nitrogens is 2. The zero-order valence-electron chi connectivity index (χ0n) is 13.4. The maximum Gasteiger partial charge on any atom is 0.412 e. The molecule has 1 aromatic carbocycles. The van der Waals surface area contributed by atoms with Gasteiger partial charge in [0.25, 0.3) is 0 Å². The third-order valence-electron chi connectivity index (χ3n) is 3.29. The summed E-state index contributed by atoms with van der Waals surface area (Å²) in [6.45, 7) is 5.48. The Morgan fingerprint density at radius 2 is 1.91 bits per heavy atom. The normalized spacial score (nSPS) is 11.4. The summed E-state index contributed by atoms with van der Waals surface area (Å²) in [7, 11) is 0. The Morgan fingerprint density at radius 3 is 2.61 bits per heavy atom. The third kappa shape index (κ3) is 3.34. The molecule has 2 heterocycles. The molecule has 2 N–H and O–H groups in total. The fourth-order valence-corrected chi connectivity index (χ4v) is 2.39. The van der Waals surface area contributed by atoms with E-state index in [1.807, 2.05) is 57.2 Å². The van der Waals surface area contributed by atoms with E-state index in [1.165, 1.54) is 0 Å². The van der Waals surface area contributed by atoms with Gasteiger partial charge in [0, 0.05) is 18.0 Å². The van der Waals surface area contributed by atoms with Crippen molar-refractivity contribution in [2.45, 2.75) is 26.4 Å². The minimum absolute atomic E-state index is 0.495. The van der Waals surface area contributed by atoms with E-state index in [9.17, 15) is 4.79 Å². The van der Waals surface area contributed by atoms with Crippen molar-refractivity contribution in [1.29, 1.82) is 0 Å². The van der Waals surface area contributed by atoms with Gasteiger partial charge in [-0.05, 0) is 32.4 Å². The summed E-state index contributed by atoms with van der Waals surface area (Å²) in [5, 5.41) is 2.75. The first-order valence-electron chi connectivity index (χ1n) is 7.45. The van der Waals surface area contributed by atoms with E-state index < -0.39 is 11.7 Å². The van der Waals surface area contributed by atoms with Crippen molar-refractivity contribution in [2.24, 2.45) is 0 Å². The molecule has 0 aliphatic rings. The van der Waals surface area contributed by atoms with E-state index in [0.717, 1.165) is 16.6 Å². The van der Waals surface area contributed by atoms with Gasteiger partial charge in [0.1, 0.15) is 11.1 Å². The SMILES string of the molecule is CC(C)(C)OC(=O)Nc1c[nH]c2c(-c3ccccc3)ccnc12. The quantitative estimate of drug-likeness (QED) is 0.728. The second kappa shape index (κ2) is 5.76. The first kappa shape index (κ1) is 15.1. The number of benzene rings is 1. The first-order valence-corrected chi connectivity index (χ1v) is 7.45. The van der Waals surface area contributed by atoms with Crippen LogP contribution in [0.2, 0.25) is 0 Å². The molecule has 2 aromatic heterocycles. The Hall–Kier alpha value is -2.82. The van der Waals surface area contributed by atoms with Gasteiger partial charge in [-0.1, -0.05) is 30.3 Å². The largest absolute Gasteiger partial charge is 0.444 e. The van der Waals surface area contributed by atoms with E-state index in [0.29, 0.717) is 11.2 Å². The van der Waals surface area contributed by atoms with Gasteiger partial charge in [0.2, 0.25) is 0 Å². The molecule has 0 aliphatic heterocycles. The molecular weight excluding hydrogens is 290 g/mol. The van der Waals surface area contributed by atoms with E-state index in [1.54, 1.807) is 12.4 Å². The highest BCUT2D eigenvalue weighted by Gasteiger charge is 2.18. The summed E-state index contributed by atoms with van der Waals surface area (Å²) in [6.07, 6.45) is 2.97. The fraction of sp³-hybridized carbons (Fsp3) is 0.222. The molecule has 0 bridgehead atoms. The number of nitrogens with zero attached hydrogens (tertiary/aromatic N) is 1. The number of amides is 1. The second-order valence-corrected chi connectivity index (χ2v) is 6.28. The van der Waals surface area contributed by atoms with Crippen molar-refractivity contribution in [2.75, 3.05) is 5.32 Å². The molecular formula is C18H19N3O2. The fourth-order valence-electron chi connectivity index (χ4n) is 2.39. The maximum atomic E-state index is 11.9. The molecule has 0 fully saturated rings. The number of rotatable bonds is 2. The van der Waals surface area contributed by atoms with Crippen LogP contribution in [0.25, 0.3) is 22.2 Å². The summed E-state index contributed by atoms with van der Waals surface area (Å²) in [4.78, 5) is 19.5. The molecule has 5 nitrogen and oxygen atoms in total. The van der Waals surface area contributed by atoms with E-state index >= 15 is 0 Å². The summed E-state index contributed by atoms with van der Waals surface area (Å²) >= 11 is 0. The minimum atomic E-state index is -0.543. The van der Waals surface area contributed by atoms with Crippen LogP contribution < -0.4 is 5.32 Å². The Morgan fingerprint density at radius 1 is 1.17 bits per heavy atom. The van der Waals surface area contributed by atoms with Crippen LogP contribution in [0.3, 0.4) is 0 Å². The molecule has 3 rings (SSSR count). The highest BCUT2D eigenvalue weighted by atomic mass is 16.6. The van der Waals surface area contributed by atoms with Crippen LogP contribution in [0.15, 0.2) is 48.8 Å². The lowest BCUT2D eigenvalue weighted by Crippen LogP contribution is -2.27. The lowest BCUT2D eigenvalue weighted by atomic mass is 10.1. The van der Waals surface area contributed by atoms with Crippen molar-refractivity contribution >= 4 is 22.8 Å². The lowest BCUT2D eigenvalue weighted by molar-refractivity contribution is 0.0636. The lowest BCUT2D eigenvalue weighted by Gasteiger charge is -2.19. The highest BCUT2D eigenvalue weighted by molar-refractivity contribution is 6.02. The molecule has 23 heavy (non-hydrogen) atoms. The molecule has 118 valence electrons. The van der Waals surface area contributed by atoms with Crippen molar-refractivity contribution < 1.29 is 9.53 Å². The Kier molecular flexibility index (Phi) is 3.78. The number of fused-ring (bicyclic) bond motifs is 1. The van der Waals surface area contributed by atoms with E-state index in [-0.39, 0.29) is 0 Å². The standard InChI is InChI=1S/C18H19N3O2/c1-18(2,3)23-17(22)21-14-11-20-15-13(9-10-19-16(14)15)12-7-5-4-6-8-12/h4-11,20H,1-3H3,(H,21,22). The van der Waals surface area contributed by atoms with Crippen LogP contribution in [0, 0.1) is 0 Å². The number of aromatic amines is 1. The van der Waals surface area contributed by atoms with Crippen LogP contribution in [-0.2, 0) is 4.74 Å². The molecule has 0 unspecified atom stereocenters. The molecule has 1 amide bonds. The molecule has 0 atom stereocenters. The smallest absolute Gasteiger partial charge is 0.412 e. The minimum Gasteiger partial charge on any atom is -0.444 e. The topological polar surface area (TPSA) is 67.0 Å². The summed E-state index contributed by atoms with van der Waals surface area (Å²) in [6, 6.07) is 12.0. The summed E-state index contributed by atoms with van der Waals surface area (Å²) in [5.74, 6) is 0. The maximum absolute atomic E-state index is 11.9. The average Bonchev–Trinajstić information content (AvgIpc) is 2.89. The number of hydrogen-bond donors (Lipinski definition) is 2. The first-order chi connectivity index (χ1) is 10.9. The number of pyridine rings is 1. The van der Waals surface area contributed by atoms with E-state index in [2.05, 4.69) is 15.3 Å². The van der Waals surface area contributed by atoms with Gasteiger partial charge in [-0.3, -0.25) is 10.3 Å².